The summed E-state index contributed by atoms with van der Waals surface area (Å²) in [4.78, 5) is 35.9. The van der Waals surface area contributed by atoms with Crippen LogP contribution in [0.3, 0.4) is 0 Å². The molecule has 0 bridgehead atoms. The van der Waals surface area contributed by atoms with Crippen LogP contribution in [0.25, 0.3) is 0 Å². The van der Waals surface area contributed by atoms with Crippen molar-refractivity contribution in [2.75, 3.05) is 11.9 Å². The molecule has 0 aliphatic carbocycles. The van der Waals surface area contributed by atoms with Gasteiger partial charge in [0.15, 0.2) is 0 Å². The number of hydrogen-bond acceptors (Lipinski definition) is 6. The number of carboxylic acid groups (broad SMARTS) is 1. The molecule has 2 heterocycles. The van der Waals surface area contributed by atoms with Crippen molar-refractivity contribution >= 4 is 34.2 Å². The standard InChI is InChI=1S/C16H19N3O5S/c1-3-11-7-12(16(23)24-4-2)15(25-11)18-14(22)10-8-17-19(9-10)6-5-13(20)21/h7-9H,3-6H2,1-2H3,(H,18,22)(H,20,21). The van der Waals surface area contributed by atoms with Gasteiger partial charge in [0, 0.05) is 11.1 Å². The van der Waals surface area contributed by atoms with E-state index in [1.165, 1.54) is 28.4 Å². The minimum absolute atomic E-state index is 0.0828. The first-order chi connectivity index (χ1) is 11.9. The summed E-state index contributed by atoms with van der Waals surface area (Å²) in [5.41, 5.74) is 0.613. The lowest BCUT2D eigenvalue weighted by atomic mass is 10.2. The van der Waals surface area contributed by atoms with Crippen LogP contribution in [0, 0.1) is 0 Å². The zero-order valence-electron chi connectivity index (χ0n) is 13.9. The lowest BCUT2D eigenvalue weighted by molar-refractivity contribution is -0.137. The molecule has 0 unspecified atom stereocenters. The lowest BCUT2D eigenvalue weighted by Gasteiger charge is -2.04. The van der Waals surface area contributed by atoms with Gasteiger partial charge in [-0.2, -0.15) is 5.10 Å². The Hall–Kier alpha value is -2.68. The van der Waals surface area contributed by atoms with Gasteiger partial charge in [-0.1, -0.05) is 6.92 Å². The molecule has 0 atom stereocenters. The molecule has 2 aromatic heterocycles. The molecule has 25 heavy (non-hydrogen) atoms. The van der Waals surface area contributed by atoms with E-state index in [0.717, 1.165) is 11.3 Å². The maximum atomic E-state index is 12.4. The molecule has 134 valence electrons. The van der Waals surface area contributed by atoms with E-state index < -0.39 is 17.8 Å². The van der Waals surface area contributed by atoms with Gasteiger partial charge in [-0.15, -0.1) is 11.3 Å². The van der Waals surface area contributed by atoms with Crippen LogP contribution < -0.4 is 5.32 Å². The van der Waals surface area contributed by atoms with Crippen molar-refractivity contribution in [2.24, 2.45) is 0 Å². The molecule has 9 heteroatoms. The summed E-state index contributed by atoms with van der Waals surface area (Å²) in [6.45, 7) is 4.10. The van der Waals surface area contributed by atoms with E-state index in [9.17, 15) is 14.4 Å². The first-order valence-corrected chi connectivity index (χ1v) is 8.61. The Bertz CT molecular complexity index is 781. The summed E-state index contributed by atoms with van der Waals surface area (Å²) in [6, 6.07) is 1.72. The molecular weight excluding hydrogens is 346 g/mol. The second-order valence-electron chi connectivity index (χ2n) is 5.12. The normalized spacial score (nSPS) is 10.5. The minimum atomic E-state index is -0.939. The zero-order valence-corrected chi connectivity index (χ0v) is 14.8. The average molecular weight is 365 g/mol. The fourth-order valence-corrected chi connectivity index (χ4v) is 3.04. The number of carboxylic acids is 1. The molecule has 0 fully saturated rings. The van der Waals surface area contributed by atoms with Gasteiger partial charge in [0.2, 0.25) is 0 Å². The van der Waals surface area contributed by atoms with Crippen molar-refractivity contribution < 1.29 is 24.2 Å². The van der Waals surface area contributed by atoms with E-state index in [0.29, 0.717) is 10.6 Å². The number of hydrogen-bond donors (Lipinski definition) is 2. The second kappa shape index (κ2) is 8.43. The SMILES string of the molecule is CCOC(=O)c1cc(CC)sc1NC(=O)c1cnn(CCC(=O)O)c1. The molecule has 2 aromatic rings. The first kappa shape index (κ1) is 18.7. The molecule has 8 nitrogen and oxygen atoms in total. The summed E-state index contributed by atoms with van der Waals surface area (Å²) in [6.07, 6.45) is 3.48. The maximum absolute atomic E-state index is 12.4. The van der Waals surface area contributed by atoms with Gasteiger partial charge in [0.1, 0.15) is 5.00 Å². The molecule has 1 amide bonds. The number of carbonyl (C=O) groups excluding carboxylic acids is 2. The van der Waals surface area contributed by atoms with Gasteiger partial charge < -0.3 is 15.2 Å². The molecule has 0 aromatic carbocycles. The Morgan fingerprint density at radius 1 is 1.36 bits per heavy atom. The minimum Gasteiger partial charge on any atom is -0.481 e. The number of nitrogens with zero attached hydrogens (tertiary/aromatic N) is 2. The number of aryl methyl sites for hydroxylation is 2. The van der Waals surface area contributed by atoms with Crippen LogP contribution >= 0.6 is 11.3 Å². The molecule has 0 saturated carbocycles. The van der Waals surface area contributed by atoms with Gasteiger partial charge in [0.25, 0.3) is 5.91 Å². The quantitative estimate of drug-likeness (QED) is 0.695. The highest BCUT2D eigenvalue weighted by molar-refractivity contribution is 7.16. The Kier molecular flexibility index (Phi) is 6.29. The summed E-state index contributed by atoms with van der Waals surface area (Å²) in [7, 11) is 0. The smallest absolute Gasteiger partial charge is 0.341 e. The highest BCUT2D eigenvalue weighted by atomic mass is 32.1. The Balaban J connectivity index is 2.13. The third kappa shape index (κ3) is 4.90. The molecule has 0 spiro atoms. The molecule has 0 radical (unpaired) electrons. The molecule has 2 N–H and O–H groups in total. The van der Waals surface area contributed by atoms with E-state index in [1.54, 1.807) is 13.0 Å². The zero-order chi connectivity index (χ0) is 18.4. The van der Waals surface area contributed by atoms with Crippen LogP contribution in [0.1, 0.15) is 45.9 Å². The summed E-state index contributed by atoms with van der Waals surface area (Å²) in [5.74, 6) is -1.84. The average Bonchev–Trinajstić information content (AvgIpc) is 3.20. The lowest BCUT2D eigenvalue weighted by Crippen LogP contribution is -2.13. The third-order valence-electron chi connectivity index (χ3n) is 3.30. The summed E-state index contributed by atoms with van der Waals surface area (Å²) < 4.78 is 6.41. The molecule has 0 saturated heterocycles. The van der Waals surface area contributed by atoms with Gasteiger partial charge in [0.05, 0.1) is 36.9 Å². The number of amides is 1. The second-order valence-corrected chi connectivity index (χ2v) is 6.26. The Morgan fingerprint density at radius 2 is 2.12 bits per heavy atom. The van der Waals surface area contributed by atoms with Crippen LogP contribution in [-0.4, -0.2) is 39.3 Å². The van der Waals surface area contributed by atoms with Crippen LogP contribution in [0.4, 0.5) is 5.00 Å². The Morgan fingerprint density at radius 3 is 2.76 bits per heavy atom. The number of thiophene rings is 1. The van der Waals surface area contributed by atoms with Crippen LogP contribution in [0.15, 0.2) is 18.5 Å². The summed E-state index contributed by atoms with van der Waals surface area (Å²) in [5, 5.41) is 15.8. The third-order valence-corrected chi connectivity index (χ3v) is 4.50. The van der Waals surface area contributed by atoms with E-state index in [4.69, 9.17) is 9.84 Å². The van der Waals surface area contributed by atoms with Crippen LogP contribution in [-0.2, 0) is 22.5 Å². The number of esters is 1. The summed E-state index contributed by atoms with van der Waals surface area (Å²) >= 11 is 1.32. The van der Waals surface area contributed by atoms with Gasteiger partial charge in [-0.3, -0.25) is 14.3 Å². The van der Waals surface area contributed by atoms with E-state index in [-0.39, 0.29) is 25.1 Å². The monoisotopic (exact) mass is 365 g/mol. The predicted molar refractivity (Wildman–Crippen MR) is 92.1 cm³/mol. The van der Waals surface area contributed by atoms with Crippen molar-refractivity contribution in [3.63, 3.8) is 0 Å². The van der Waals surface area contributed by atoms with Gasteiger partial charge in [-0.05, 0) is 19.4 Å². The van der Waals surface area contributed by atoms with Crippen molar-refractivity contribution in [3.8, 4) is 0 Å². The number of rotatable bonds is 8. The van der Waals surface area contributed by atoms with E-state index in [1.807, 2.05) is 6.92 Å². The molecule has 0 aliphatic heterocycles. The molecule has 2 rings (SSSR count). The largest absolute Gasteiger partial charge is 0.481 e. The number of carbonyl (C=O) groups is 3. The van der Waals surface area contributed by atoms with E-state index >= 15 is 0 Å². The van der Waals surface area contributed by atoms with E-state index in [2.05, 4.69) is 10.4 Å². The highest BCUT2D eigenvalue weighted by Gasteiger charge is 2.19. The van der Waals surface area contributed by atoms with Crippen molar-refractivity contribution in [1.29, 1.82) is 0 Å². The number of anilines is 1. The molecular formula is C16H19N3O5S. The number of aromatic nitrogens is 2. The van der Waals surface area contributed by atoms with Crippen molar-refractivity contribution in [3.05, 3.63) is 34.5 Å². The first-order valence-electron chi connectivity index (χ1n) is 7.80. The number of ether oxygens (including phenoxy) is 1. The number of nitrogens with one attached hydrogen (secondary N) is 1. The van der Waals surface area contributed by atoms with Crippen LogP contribution in [0.5, 0.6) is 0 Å². The predicted octanol–water partition coefficient (Wildman–Crippen LogP) is 2.41. The van der Waals surface area contributed by atoms with Gasteiger partial charge >= 0.3 is 11.9 Å². The number of aliphatic carboxylic acids is 1. The van der Waals surface area contributed by atoms with Crippen LogP contribution in [0.2, 0.25) is 0 Å². The topological polar surface area (TPSA) is 111 Å². The van der Waals surface area contributed by atoms with Crippen molar-refractivity contribution in [2.45, 2.75) is 33.2 Å². The highest BCUT2D eigenvalue weighted by Crippen LogP contribution is 2.29. The van der Waals surface area contributed by atoms with Crippen molar-refractivity contribution in [1.82, 2.24) is 9.78 Å². The Labute approximate surface area is 148 Å². The fourth-order valence-electron chi connectivity index (χ4n) is 2.06. The fraction of sp³-hybridized carbons (Fsp3) is 0.375. The maximum Gasteiger partial charge on any atom is 0.341 e. The molecule has 0 aliphatic rings. The van der Waals surface area contributed by atoms with Gasteiger partial charge in [-0.25, -0.2) is 4.79 Å².